The smallest absolute Gasteiger partial charge is 0.165 e. The summed E-state index contributed by atoms with van der Waals surface area (Å²) in [7, 11) is 0. The molecule has 0 spiro atoms. The second-order valence-electron chi connectivity index (χ2n) is 4.98. The van der Waals surface area contributed by atoms with Crippen LogP contribution in [0.2, 0.25) is 5.02 Å². The fourth-order valence-corrected chi connectivity index (χ4v) is 2.75. The predicted molar refractivity (Wildman–Crippen MR) is 75.9 cm³/mol. The number of halogens is 1. The number of benzene rings is 1. The molecule has 4 heteroatoms. The molecule has 0 N–H and O–H groups in total. The van der Waals surface area contributed by atoms with Crippen LogP contribution < -0.4 is 4.74 Å². The summed E-state index contributed by atoms with van der Waals surface area (Å²) in [5.74, 6) is 1.42. The summed E-state index contributed by atoms with van der Waals surface area (Å²) in [4.78, 5) is 0. The van der Waals surface area contributed by atoms with Crippen LogP contribution in [0.3, 0.4) is 0 Å². The first-order chi connectivity index (χ1) is 9.33. The van der Waals surface area contributed by atoms with Gasteiger partial charge in [-0.15, -0.1) is 0 Å². The van der Waals surface area contributed by atoms with Crippen molar-refractivity contribution < 1.29 is 4.74 Å². The van der Waals surface area contributed by atoms with Gasteiger partial charge in [-0.3, -0.25) is 4.68 Å². The minimum Gasteiger partial charge on any atom is -0.452 e. The second-order valence-corrected chi connectivity index (χ2v) is 5.39. The van der Waals surface area contributed by atoms with Crippen molar-refractivity contribution >= 4 is 11.6 Å². The van der Waals surface area contributed by atoms with E-state index in [1.807, 2.05) is 35.1 Å². The molecule has 0 atom stereocenters. The molecule has 0 saturated heterocycles. The number of rotatable bonds is 3. The van der Waals surface area contributed by atoms with Crippen LogP contribution in [-0.4, -0.2) is 9.78 Å². The molecule has 1 aliphatic rings. The summed E-state index contributed by atoms with van der Waals surface area (Å²) in [5, 5.41) is 5.03. The number of nitrogens with zero attached hydrogens (tertiary/aromatic N) is 2. The lowest BCUT2D eigenvalue weighted by Gasteiger charge is -2.21. The first kappa shape index (κ1) is 12.5. The third kappa shape index (κ3) is 2.92. The molecule has 0 amide bonds. The Balaban J connectivity index is 1.73. The zero-order valence-electron chi connectivity index (χ0n) is 10.8. The van der Waals surface area contributed by atoms with Crippen LogP contribution in [0.4, 0.5) is 0 Å². The molecule has 1 aromatic heterocycles. The Hall–Kier alpha value is -1.48. The molecule has 19 heavy (non-hydrogen) atoms. The third-order valence-electron chi connectivity index (χ3n) is 3.59. The van der Waals surface area contributed by atoms with E-state index in [4.69, 9.17) is 16.3 Å². The van der Waals surface area contributed by atoms with Gasteiger partial charge in [0.25, 0.3) is 0 Å². The van der Waals surface area contributed by atoms with E-state index in [-0.39, 0.29) is 0 Å². The number of hydrogen-bond acceptors (Lipinski definition) is 2. The van der Waals surface area contributed by atoms with Crippen molar-refractivity contribution in [3.8, 4) is 11.5 Å². The Kier molecular flexibility index (Phi) is 3.74. The summed E-state index contributed by atoms with van der Waals surface area (Å²) in [5.41, 5.74) is 0. The fraction of sp³-hybridized carbons (Fsp3) is 0.400. The molecule has 0 aliphatic heterocycles. The second kappa shape index (κ2) is 5.66. The maximum atomic E-state index is 6.08. The van der Waals surface area contributed by atoms with Crippen molar-refractivity contribution in [1.29, 1.82) is 0 Å². The van der Waals surface area contributed by atoms with Crippen LogP contribution in [0.5, 0.6) is 11.5 Å². The van der Waals surface area contributed by atoms with E-state index in [1.54, 1.807) is 6.20 Å². The highest BCUT2D eigenvalue weighted by molar-refractivity contribution is 6.32. The van der Waals surface area contributed by atoms with Crippen molar-refractivity contribution in [1.82, 2.24) is 9.78 Å². The SMILES string of the molecule is Clc1ccccc1Oc1cnn(C2CCCCC2)c1. The average Bonchev–Trinajstić information content (AvgIpc) is 2.91. The first-order valence-electron chi connectivity index (χ1n) is 6.79. The van der Waals surface area contributed by atoms with E-state index >= 15 is 0 Å². The van der Waals surface area contributed by atoms with E-state index in [0.29, 0.717) is 16.8 Å². The van der Waals surface area contributed by atoms with Crippen LogP contribution in [0.15, 0.2) is 36.7 Å². The van der Waals surface area contributed by atoms with Crippen molar-refractivity contribution in [3.63, 3.8) is 0 Å². The largest absolute Gasteiger partial charge is 0.452 e. The van der Waals surface area contributed by atoms with Gasteiger partial charge in [0.05, 0.1) is 23.5 Å². The summed E-state index contributed by atoms with van der Waals surface area (Å²) in [6.45, 7) is 0. The van der Waals surface area contributed by atoms with E-state index in [9.17, 15) is 0 Å². The molecule has 3 rings (SSSR count). The topological polar surface area (TPSA) is 27.1 Å². The summed E-state index contributed by atoms with van der Waals surface area (Å²) in [6.07, 6.45) is 10.1. The van der Waals surface area contributed by atoms with Gasteiger partial charge in [-0.05, 0) is 25.0 Å². The molecular formula is C15H17ClN2O. The molecule has 3 nitrogen and oxygen atoms in total. The zero-order valence-corrected chi connectivity index (χ0v) is 11.5. The van der Waals surface area contributed by atoms with Crippen LogP contribution in [0.1, 0.15) is 38.1 Å². The highest BCUT2D eigenvalue weighted by Crippen LogP contribution is 2.31. The monoisotopic (exact) mass is 276 g/mol. The van der Waals surface area contributed by atoms with Crippen LogP contribution in [-0.2, 0) is 0 Å². The van der Waals surface area contributed by atoms with E-state index in [2.05, 4.69) is 5.10 Å². The minimum atomic E-state index is 0.525. The van der Waals surface area contributed by atoms with Gasteiger partial charge in [-0.25, -0.2) is 0 Å². The van der Waals surface area contributed by atoms with Crippen LogP contribution in [0.25, 0.3) is 0 Å². The van der Waals surface area contributed by atoms with Crippen molar-refractivity contribution in [2.24, 2.45) is 0 Å². The third-order valence-corrected chi connectivity index (χ3v) is 3.90. The van der Waals surface area contributed by atoms with Gasteiger partial charge < -0.3 is 4.74 Å². The van der Waals surface area contributed by atoms with Crippen molar-refractivity contribution in [3.05, 3.63) is 41.7 Å². The summed E-state index contributed by atoms with van der Waals surface area (Å²) in [6, 6.07) is 8.01. The molecule has 1 aromatic carbocycles. The van der Waals surface area contributed by atoms with Crippen molar-refractivity contribution in [2.75, 3.05) is 0 Å². The van der Waals surface area contributed by atoms with E-state index in [1.165, 1.54) is 32.1 Å². The van der Waals surface area contributed by atoms with Gasteiger partial charge in [0, 0.05) is 0 Å². The highest BCUT2D eigenvalue weighted by atomic mass is 35.5. The molecule has 0 unspecified atom stereocenters. The van der Waals surface area contributed by atoms with Gasteiger partial charge in [0.2, 0.25) is 0 Å². The van der Waals surface area contributed by atoms with E-state index in [0.717, 1.165) is 5.75 Å². The summed E-state index contributed by atoms with van der Waals surface area (Å²) < 4.78 is 7.80. The standard InChI is InChI=1S/C15H17ClN2O/c16-14-8-4-5-9-15(14)19-13-10-17-18(11-13)12-6-2-1-3-7-12/h4-5,8-12H,1-3,6-7H2. The van der Waals surface area contributed by atoms with Gasteiger partial charge in [0.15, 0.2) is 5.75 Å². The molecule has 1 fully saturated rings. The molecule has 100 valence electrons. The maximum Gasteiger partial charge on any atom is 0.165 e. The lowest BCUT2D eigenvalue weighted by molar-refractivity contribution is 0.328. The van der Waals surface area contributed by atoms with Gasteiger partial charge in [0.1, 0.15) is 5.75 Å². The Morgan fingerprint density at radius 1 is 1.16 bits per heavy atom. The minimum absolute atomic E-state index is 0.525. The normalized spacial score (nSPS) is 16.5. The molecule has 1 saturated carbocycles. The number of para-hydroxylation sites is 1. The van der Waals surface area contributed by atoms with Crippen LogP contribution in [0, 0.1) is 0 Å². The lowest BCUT2D eigenvalue weighted by Crippen LogP contribution is -2.12. The average molecular weight is 277 g/mol. The Labute approximate surface area is 118 Å². The zero-order chi connectivity index (χ0) is 13.1. The molecule has 2 aromatic rings. The fourth-order valence-electron chi connectivity index (χ4n) is 2.57. The predicted octanol–water partition coefficient (Wildman–Crippen LogP) is 4.83. The number of ether oxygens (including phenoxy) is 1. The lowest BCUT2D eigenvalue weighted by atomic mass is 9.96. The Bertz CT molecular complexity index is 547. The summed E-state index contributed by atoms with van der Waals surface area (Å²) >= 11 is 6.08. The molecule has 0 bridgehead atoms. The highest BCUT2D eigenvalue weighted by Gasteiger charge is 2.16. The Morgan fingerprint density at radius 2 is 1.95 bits per heavy atom. The first-order valence-corrected chi connectivity index (χ1v) is 7.17. The van der Waals surface area contributed by atoms with Crippen molar-refractivity contribution in [2.45, 2.75) is 38.1 Å². The number of hydrogen-bond donors (Lipinski definition) is 0. The maximum absolute atomic E-state index is 6.08. The molecular weight excluding hydrogens is 260 g/mol. The molecule has 1 aliphatic carbocycles. The molecule has 1 heterocycles. The number of aromatic nitrogens is 2. The van der Waals surface area contributed by atoms with E-state index < -0.39 is 0 Å². The molecule has 0 radical (unpaired) electrons. The Morgan fingerprint density at radius 3 is 2.74 bits per heavy atom. The van der Waals surface area contributed by atoms with Gasteiger partial charge >= 0.3 is 0 Å². The van der Waals surface area contributed by atoms with Gasteiger partial charge in [-0.2, -0.15) is 5.10 Å². The van der Waals surface area contributed by atoms with Gasteiger partial charge in [-0.1, -0.05) is 43.0 Å². The van der Waals surface area contributed by atoms with Crippen LogP contribution >= 0.6 is 11.6 Å². The quantitative estimate of drug-likeness (QED) is 0.802.